The zero-order valence-corrected chi connectivity index (χ0v) is 14.1. The van der Waals surface area contributed by atoms with Gasteiger partial charge in [0, 0.05) is 30.4 Å². The predicted molar refractivity (Wildman–Crippen MR) is 99.8 cm³/mol. The van der Waals surface area contributed by atoms with E-state index < -0.39 is 0 Å². The molecule has 0 spiro atoms. The summed E-state index contributed by atoms with van der Waals surface area (Å²) in [5.74, 6) is 3.17. The number of pyridine rings is 1. The molecule has 4 aromatic rings. The van der Waals surface area contributed by atoms with Crippen molar-refractivity contribution in [2.45, 2.75) is 0 Å². The van der Waals surface area contributed by atoms with Crippen molar-refractivity contribution in [3.8, 4) is 22.9 Å². The zero-order valence-electron chi connectivity index (χ0n) is 14.1. The fourth-order valence-electron chi connectivity index (χ4n) is 3.13. The first-order valence-corrected chi connectivity index (χ1v) is 8.32. The maximum absolute atomic E-state index is 5.42. The summed E-state index contributed by atoms with van der Waals surface area (Å²) in [6.45, 7) is 0.264. The number of anilines is 2. The molecule has 0 saturated heterocycles. The van der Waals surface area contributed by atoms with Crippen LogP contribution in [0.25, 0.3) is 22.4 Å². The van der Waals surface area contributed by atoms with E-state index in [9.17, 15) is 0 Å². The van der Waals surface area contributed by atoms with E-state index in [4.69, 9.17) is 14.5 Å². The third-order valence-corrected chi connectivity index (χ3v) is 4.44. The van der Waals surface area contributed by atoms with Crippen LogP contribution in [0.4, 0.5) is 11.5 Å². The maximum atomic E-state index is 5.42. The van der Waals surface area contributed by atoms with E-state index in [-0.39, 0.29) is 6.79 Å². The molecule has 0 bridgehead atoms. The molecule has 1 aliphatic rings. The van der Waals surface area contributed by atoms with Crippen LogP contribution in [0.3, 0.4) is 0 Å². The maximum Gasteiger partial charge on any atom is 0.231 e. The number of hydrogen-bond acceptors (Lipinski definition) is 5. The van der Waals surface area contributed by atoms with Crippen molar-refractivity contribution < 1.29 is 9.47 Å². The van der Waals surface area contributed by atoms with Crippen molar-refractivity contribution in [3.05, 3.63) is 60.8 Å². The van der Waals surface area contributed by atoms with Crippen LogP contribution in [0.15, 0.2) is 60.8 Å². The van der Waals surface area contributed by atoms with Gasteiger partial charge in [-0.25, -0.2) is 9.97 Å². The van der Waals surface area contributed by atoms with Gasteiger partial charge in [-0.1, -0.05) is 30.3 Å². The number of rotatable bonds is 3. The summed E-state index contributed by atoms with van der Waals surface area (Å²) in [4.78, 5) is 9.20. The quantitative estimate of drug-likeness (QED) is 0.606. The van der Waals surface area contributed by atoms with Crippen LogP contribution in [0.2, 0.25) is 0 Å². The van der Waals surface area contributed by atoms with Crippen molar-refractivity contribution >= 4 is 22.5 Å². The number of imidazole rings is 1. The monoisotopic (exact) mass is 344 g/mol. The Morgan fingerprint density at radius 1 is 1.00 bits per heavy atom. The van der Waals surface area contributed by atoms with Gasteiger partial charge in [0.15, 0.2) is 11.5 Å². The van der Waals surface area contributed by atoms with Gasteiger partial charge in [-0.05, 0) is 12.1 Å². The first kappa shape index (κ1) is 14.8. The summed E-state index contributed by atoms with van der Waals surface area (Å²) in [6.07, 6.45) is 1.79. The fourth-order valence-corrected chi connectivity index (χ4v) is 3.13. The van der Waals surface area contributed by atoms with E-state index in [2.05, 4.69) is 27.0 Å². The number of nitrogens with zero attached hydrogens (tertiary/aromatic N) is 3. The first-order chi connectivity index (χ1) is 12.8. The number of aromatic nitrogens is 3. The Labute approximate surface area is 150 Å². The van der Waals surface area contributed by atoms with Gasteiger partial charge in [0.1, 0.15) is 17.2 Å². The molecule has 1 aliphatic heterocycles. The van der Waals surface area contributed by atoms with E-state index in [1.165, 1.54) is 0 Å². The Balaban J connectivity index is 1.51. The summed E-state index contributed by atoms with van der Waals surface area (Å²) in [5.41, 5.74) is 3.85. The first-order valence-electron chi connectivity index (χ1n) is 8.32. The Morgan fingerprint density at radius 2 is 1.85 bits per heavy atom. The third-order valence-electron chi connectivity index (χ3n) is 4.44. The van der Waals surface area contributed by atoms with Gasteiger partial charge < -0.3 is 19.4 Å². The Hall–Kier alpha value is -3.54. The molecule has 0 aliphatic carbocycles. The summed E-state index contributed by atoms with van der Waals surface area (Å²) in [6, 6.07) is 17.9. The summed E-state index contributed by atoms with van der Waals surface area (Å²) < 4.78 is 12.8. The van der Waals surface area contributed by atoms with Crippen LogP contribution >= 0.6 is 0 Å². The Morgan fingerprint density at radius 3 is 2.73 bits per heavy atom. The van der Waals surface area contributed by atoms with Crippen LogP contribution in [-0.4, -0.2) is 21.3 Å². The molecule has 128 valence electrons. The molecule has 6 heteroatoms. The molecule has 3 heterocycles. The molecule has 2 aromatic heterocycles. The normalized spacial score (nSPS) is 12.5. The van der Waals surface area contributed by atoms with Crippen molar-refractivity contribution in [2.75, 3.05) is 12.1 Å². The number of nitrogens with one attached hydrogen (secondary N) is 1. The molecular weight excluding hydrogens is 328 g/mol. The lowest BCUT2D eigenvalue weighted by Crippen LogP contribution is -1.95. The van der Waals surface area contributed by atoms with Crippen LogP contribution in [0, 0.1) is 0 Å². The molecule has 0 fully saturated rings. The fraction of sp³-hybridized carbons (Fsp3) is 0.100. The Kier molecular flexibility index (Phi) is 3.28. The highest BCUT2D eigenvalue weighted by Crippen LogP contribution is 2.35. The lowest BCUT2D eigenvalue weighted by atomic mass is 10.2. The molecule has 2 aromatic carbocycles. The molecular formula is C20H16N4O2. The minimum Gasteiger partial charge on any atom is -0.454 e. The van der Waals surface area contributed by atoms with Crippen LogP contribution in [-0.2, 0) is 7.05 Å². The van der Waals surface area contributed by atoms with E-state index >= 15 is 0 Å². The van der Waals surface area contributed by atoms with Gasteiger partial charge >= 0.3 is 0 Å². The number of benzene rings is 2. The van der Waals surface area contributed by atoms with E-state index in [0.29, 0.717) is 0 Å². The van der Waals surface area contributed by atoms with E-state index in [1.54, 1.807) is 6.20 Å². The lowest BCUT2D eigenvalue weighted by Gasteiger charge is -2.07. The molecule has 0 amide bonds. The standard InChI is InChI=1S/C20H16N4O2/c1-24-16-10-19(22-14-7-8-17-18(9-14)26-12-25-17)21-11-15(16)23-20(24)13-5-3-2-4-6-13/h2-11H,12H2,1H3,(H,21,22). The van der Waals surface area contributed by atoms with E-state index in [0.717, 1.165) is 45.4 Å². The zero-order chi connectivity index (χ0) is 17.5. The summed E-state index contributed by atoms with van der Waals surface area (Å²) in [5, 5.41) is 3.31. The highest BCUT2D eigenvalue weighted by atomic mass is 16.7. The van der Waals surface area contributed by atoms with Gasteiger partial charge in [0.05, 0.1) is 11.7 Å². The minimum atomic E-state index is 0.264. The van der Waals surface area contributed by atoms with Crippen LogP contribution < -0.4 is 14.8 Å². The molecule has 6 nitrogen and oxygen atoms in total. The average molecular weight is 344 g/mol. The van der Waals surface area contributed by atoms with Crippen molar-refractivity contribution in [3.63, 3.8) is 0 Å². The van der Waals surface area contributed by atoms with Crippen molar-refractivity contribution in [1.82, 2.24) is 14.5 Å². The van der Waals surface area contributed by atoms with Gasteiger partial charge in [-0.15, -0.1) is 0 Å². The summed E-state index contributed by atoms with van der Waals surface area (Å²) in [7, 11) is 2.02. The van der Waals surface area contributed by atoms with Crippen LogP contribution in [0.5, 0.6) is 11.5 Å². The topological polar surface area (TPSA) is 61.2 Å². The summed E-state index contributed by atoms with van der Waals surface area (Å²) >= 11 is 0. The van der Waals surface area contributed by atoms with Gasteiger partial charge in [-0.2, -0.15) is 0 Å². The second-order valence-electron chi connectivity index (χ2n) is 6.11. The third kappa shape index (κ3) is 2.43. The van der Waals surface area contributed by atoms with Crippen LogP contribution in [0.1, 0.15) is 0 Å². The van der Waals surface area contributed by atoms with Crippen molar-refractivity contribution in [2.24, 2.45) is 7.05 Å². The number of aryl methyl sites for hydroxylation is 1. The smallest absolute Gasteiger partial charge is 0.231 e. The van der Waals surface area contributed by atoms with Gasteiger partial charge in [0.2, 0.25) is 6.79 Å². The predicted octanol–water partition coefficient (Wildman–Crippen LogP) is 4.11. The molecule has 0 radical (unpaired) electrons. The molecule has 0 atom stereocenters. The number of fused-ring (bicyclic) bond motifs is 2. The largest absolute Gasteiger partial charge is 0.454 e. The molecule has 5 rings (SSSR count). The van der Waals surface area contributed by atoms with Gasteiger partial charge in [0.25, 0.3) is 0 Å². The SMILES string of the molecule is Cn1c(-c2ccccc2)nc2cnc(Nc3ccc4c(c3)OCO4)cc21. The van der Waals surface area contributed by atoms with Gasteiger partial charge in [-0.3, -0.25) is 0 Å². The average Bonchev–Trinajstić information content (AvgIpc) is 3.27. The second kappa shape index (κ2) is 5.77. The lowest BCUT2D eigenvalue weighted by molar-refractivity contribution is 0.174. The molecule has 0 saturated carbocycles. The molecule has 1 N–H and O–H groups in total. The minimum absolute atomic E-state index is 0.264. The van der Waals surface area contributed by atoms with E-state index in [1.807, 2.05) is 49.5 Å². The molecule has 26 heavy (non-hydrogen) atoms. The highest BCUT2D eigenvalue weighted by Gasteiger charge is 2.14. The number of ether oxygens (including phenoxy) is 2. The number of hydrogen-bond donors (Lipinski definition) is 1. The van der Waals surface area contributed by atoms with Crippen molar-refractivity contribution in [1.29, 1.82) is 0 Å². The second-order valence-corrected chi connectivity index (χ2v) is 6.11. The molecule has 0 unspecified atom stereocenters. The Bertz CT molecular complexity index is 1110. The highest BCUT2D eigenvalue weighted by molar-refractivity contribution is 5.82.